The van der Waals surface area contributed by atoms with E-state index in [-0.39, 0.29) is 0 Å². The molecular formula is C7H5ClN2S. The highest BCUT2D eigenvalue weighted by Crippen LogP contribution is 2.25. The molecule has 0 atom stereocenters. The van der Waals surface area contributed by atoms with Crippen LogP contribution in [-0.4, -0.2) is 4.98 Å². The van der Waals surface area contributed by atoms with Crippen molar-refractivity contribution in [1.29, 1.82) is 5.26 Å². The second-order valence-corrected chi connectivity index (χ2v) is 3.18. The molecule has 56 valence electrons. The van der Waals surface area contributed by atoms with E-state index in [0.29, 0.717) is 10.6 Å². The predicted molar refractivity (Wildman–Crippen MR) is 46.2 cm³/mol. The number of nitrogens with zero attached hydrogens (tertiary/aromatic N) is 2. The van der Waals surface area contributed by atoms with E-state index in [1.807, 2.05) is 6.07 Å². The Morgan fingerprint density at radius 2 is 2.55 bits per heavy atom. The first-order valence-corrected chi connectivity index (χ1v) is 4.17. The number of nitriles is 1. The molecule has 0 unspecified atom stereocenters. The highest BCUT2D eigenvalue weighted by molar-refractivity contribution is 7.11. The molecule has 2 nitrogen and oxygen atoms in total. The molecule has 0 aliphatic heterocycles. The van der Waals surface area contributed by atoms with Crippen molar-refractivity contribution in [2.45, 2.75) is 6.92 Å². The van der Waals surface area contributed by atoms with E-state index in [9.17, 15) is 0 Å². The van der Waals surface area contributed by atoms with Gasteiger partial charge >= 0.3 is 0 Å². The molecule has 4 heteroatoms. The van der Waals surface area contributed by atoms with Crippen LogP contribution in [0.5, 0.6) is 0 Å². The Bertz CT molecular complexity index is 308. The summed E-state index contributed by atoms with van der Waals surface area (Å²) in [6, 6.07) is 1.98. The second kappa shape index (κ2) is 3.51. The van der Waals surface area contributed by atoms with Crippen molar-refractivity contribution in [3.8, 4) is 6.07 Å². The van der Waals surface area contributed by atoms with E-state index in [0.717, 1.165) is 4.88 Å². The smallest absolute Gasteiger partial charge is 0.0960 e. The van der Waals surface area contributed by atoms with Gasteiger partial charge in [-0.1, -0.05) is 11.6 Å². The molecule has 0 saturated heterocycles. The zero-order valence-electron chi connectivity index (χ0n) is 5.84. The number of hydrogen-bond acceptors (Lipinski definition) is 3. The molecule has 11 heavy (non-hydrogen) atoms. The fourth-order valence-corrected chi connectivity index (χ4v) is 1.40. The topological polar surface area (TPSA) is 36.7 Å². The van der Waals surface area contributed by atoms with Gasteiger partial charge in [0, 0.05) is 11.8 Å². The maximum absolute atomic E-state index is 8.50. The zero-order valence-corrected chi connectivity index (χ0v) is 7.41. The molecule has 0 bridgehead atoms. The van der Waals surface area contributed by atoms with Gasteiger partial charge in [0.1, 0.15) is 0 Å². The quantitative estimate of drug-likeness (QED) is 0.630. The van der Waals surface area contributed by atoms with Gasteiger partial charge in [-0.25, -0.2) is 0 Å². The van der Waals surface area contributed by atoms with Gasteiger partial charge in [0.05, 0.1) is 21.5 Å². The molecule has 0 aliphatic carbocycles. The molecule has 0 amide bonds. The summed E-state index contributed by atoms with van der Waals surface area (Å²) >= 11 is 7.25. The molecule has 0 N–H and O–H groups in total. The predicted octanol–water partition coefficient (Wildman–Crippen LogP) is 2.64. The third-order valence-corrected chi connectivity index (χ3v) is 2.54. The molecule has 0 aromatic carbocycles. The lowest BCUT2D eigenvalue weighted by Gasteiger charge is -1.91. The second-order valence-electron chi connectivity index (χ2n) is 1.92. The minimum absolute atomic E-state index is 0.495. The van der Waals surface area contributed by atoms with Gasteiger partial charge in [-0.2, -0.15) is 5.26 Å². The van der Waals surface area contributed by atoms with Crippen molar-refractivity contribution in [1.82, 2.24) is 4.98 Å². The minimum atomic E-state index is 0.495. The number of halogens is 1. The first-order valence-electron chi connectivity index (χ1n) is 2.91. The van der Waals surface area contributed by atoms with Crippen LogP contribution >= 0.6 is 22.9 Å². The van der Waals surface area contributed by atoms with Gasteiger partial charge in [-0.05, 0) is 6.92 Å². The first-order chi connectivity index (χ1) is 5.25. The Morgan fingerprint density at radius 1 is 1.82 bits per heavy atom. The van der Waals surface area contributed by atoms with Crippen LogP contribution in [0.4, 0.5) is 0 Å². The lowest BCUT2D eigenvalue weighted by atomic mass is 10.3. The van der Waals surface area contributed by atoms with E-state index in [4.69, 9.17) is 16.9 Å². The van der Waals surface area contributed by atoms with Crippen LogP contribution in [0.1, 0.15) is 11.8 Å². The first kappa shape index (κ1) is 8.25. The summed E-state index contributed by atoms with van der Waals surface area (Å²) in [5.74, 6) is 0. The Kier molecular flexibility index (Phi) is 2.64. The van der Waals surface area contributed by atoms with E-state index in [1.54, 1.807) is 18.6 Å². The molecule has 1 aromatic rings. The lowest BCUT2D eigenvalue weighted by Crippen LogP contribution is -1.74. The molecule has 0 aliphatic rings. The summed E-state index contributed by atoms with van der Waals surface area (Å²) in [5.41, 5.74) is 2.21. The molecule has 0 spiro atoms. The van der Waals surface area contributed by atoms with Crippen molar-refractivity contribution in [2.24, 2.45) is 0 Å². The van der Waals surface area contributed by atoms with Gasteiger partial charge < -0.3 is 0 Å². The van der Waals surface area contributed by atoms with Gasteiger partial charge in [-0.15, -0.1) is 11.3 Å². The summed E-state index contributed by atoms with van der Waals surface area (Å²) in [5, 5.41) is 8.99. The number of thiazole rings is 1. The fourth-order valence-electron chi connectivity index (χ4n) is 0.558. The third-order valence-electron chi connectivity index (χ3n) is 1.15. The molecule has 0 fully saturated rings. The summed E-state index contributed by atoms with van der Waals surface area (Å²) in [7, 11) is 0. The Morgan fingerprint density at radius 3 is 3.00 bits per heavy atom. The average molecular weight is 185 g/mol. The lowest BCUT2D eigenvalue weighted by molar-refractivity contribution is 1.41. The van der Waals surface area contributed by atoms with Gasteiger partial charge in [-0.3, -0.25) is 4.98 Å². The summed E-state index contributed by atoms with van der Waals surface area (Å²) in [4.78, 5) is 4.69. The average Bonchev–Trinajstić information content (AvgIpc) is 2.53. The zero-order chi connectivity index (χ0) is 8.27. The number of aromatic nitrogens is 1. The Labute approximate surface area is 73.8 Å². The SMILES string of the molecule is CC(C#N)=C(Cl)c1cncs1. The maximum atomic E-state index is 8.50. The molecule has 0 saturated carbocycles. The van der Waals surface area contributed by atoms with E-state index in [1.165, 1.54) is 11.3 Å². The summed E-state index contributed by atoms with van der Waals surface area (Å²) in [6.45, 7) is 1.68. The Hall–Kier alpha value is -0.850. The molecular weight excluding hydrogens is 180 g/mol. The standard InChI is InChI=1S/C7H5ClN2S/c1-5(2-9)7(8)6-3-10-4-11-6/h3-4H,1H3. The summed E-state index contributed by atoms with van der Waals surface area (Å²) < 4.78 is 0. The number of hydrogen-bond donors (Lipinski definition) is 0. The van der Waals surface area contributed by atoms with Gasteiger partial charge in [0.15, 0.2) is 0 Å². The maximum Gasteiger partial charge on any atom is 0.0960 e. The van der Waals surface area contributed by atoms with E-state index >= 15 is 0 Å². The molecule has 1 aromatic heterocycles. The summed E-state index contributed by atoms with van der Waals surface area (Å²) in [6.07, 6.45) is 1.65. The largest absolute Gasteiger partial charge is 0.252 e. The van der Waals surface area contributed by atoms with Crippen molar-refractivity contribution in [3.63, 3.8) is 0 Å². The monoisotopic (exact) mass is 184 g/mol. The van der Waals surface area contributed by atoms with E-state index in [2.05, 4.69) is 4.98 Å². The molecule has 1 rings (SSSR count). The van der Waals surface area contributed by atoms with Crippen LogP contribution in [0.15, 0.2) is 17.3 Å². The van der Waals surface area contributed by atoms with Gasteiger partial charge in [0.2, 0.25) is 0 Å². The van der Waals surface area contributed by atoms with Gasteiger partial charge in [0.25, 0.3) is 0 Å². The van der Waals surface area contributed by atoms with Crippen LogP contribution < -0.4 is 0 Å². The highest BCUT2D eigenvalue weighted by Gasteiger charge is 2.02. The third kappa shape index (κ3) is 1.79. The normalized spacial score (nSPS) is 12.1. The van der Waals surface area contributed by atoms with Crippen LogP contribution in [0.3, 0.4) is 0 Å². The van der Waals surface area contributed by atoms with Crippen LogP contribution in [0.2, 0.25) is 0 Å². The molecule has 1 heterocycles. The Balaban J connectivity index is 3.05. The fraction of sp³-hybridized carbons (Fsp3) is 0.143. The number of rotatable bonds is 1. The van der Waals surface area contributed by atoms with E-state index < -0.39 is 0 Å². The highest BCUT2D eigenvalue weighted by atomic mass is 35.5. The van der Waals surface area contributed by atoms with Crippen LogP contribution in [0, 0.1) is 11.3 Å². The van der Waals surface area contributed by atoms with Crippen molar-refractivity contribution in [2.75, 3.05) is 0 Å². The molecule has 0 radical (unpaired) electrons. The van der Waals surface area contributed by atoms with Crippen molar-refractivity contribution >= 4 is 28.0 Å². The van der Waals surface area contributed by atoms with Crippen LogP contribution in [0.25, 0.3) is 5.03 Å². The van der Waals surface area contributed by atoms with Crippen LogP contribution in [-0.2, 0) is 0 Å². The number of allylic oxidation sites excluding steroid dienone is 1. The van der Waals surface area contributed by atoms with Crippen molar-refractivity contribution in [3.05, 3.63) is 22.2 Å². The minimum Gasteiger partial charge on any atom is -0.252 e. The van der Waals surface area contributed by atoms with Crippen molar-refractivity contribution < 1.29 is 0 Å².